The number of ether oxygens (including phenoxy) is 1. The van der Waals surface area contributed by atoms with Crippen LogP contribution in [0, 0.1) is 0 Å². The largest absolute Gasteiger partial charge is 0.497 e. The van der Waals surface area contributed by atoms with E-state index in [-0.39, 0.29) is 4.74 Å². The van der Waals surface area contributed by atoms with Crippen LogP contribution in [-0.4, -0.2) is 12.1 Å². The van der Waals surface area contributed by atoms with Crippen LogP contribution in [0.5, 0.6) is 5.75 Å². The minimum Gasteiger partial charge on any atom is -0.497 e. The van der Waals surface area contributed by atoms with E-state index in [1.807, 2.05) is 48.5 Å². The van der Waals surface area contributed by atoms with Gasteiger partial charge in [0.2, 0.25) is 4.74 Å². The van der Waals surface area contributed by atoms with Gasteiger partial charge in [0.1, 0.15) is 5.75 Å². The number of methoxy groups -OCH3 is 1. The Morgan fingerprint density at radius 3 is 2.67 bits per heavy atom. The number of thioether (sulfide) groups is 1. The summed E-state index contributed by atoms with van der Waals surface area (Å²) in [5, 5.41) is 0.691. The highest BCUT2D eigenvalue weighted by atomic mass is 32.2. The summed E-state index contributed by atoms with van der Waals surface area (Å²) >= 11 is 2.79. The lowest BCUT2D eigenvalue weighted by Crippen LogP contribution is -1.97. The maximum absolute atomic E-state index is 12.0. The van der Waals surface area contributed by atoms with Gasteiger partial charge in [-0.1, -0.05) is 47.4 Å². The molecule has 3 nitrogen and oxygen atoms in total. The van der Waals surface area contributed by atoms with Crippen LogP contribution < -0.4 is 9.48 Å². The smallest absolute Gasteiger partial charge is 0.244 e. The molecule has 0 radical (unpaired) electrons. The van der Waals surface area contributed by atoms with E-state index >= 15 is 0 Å². The Bertz CT molecular complexity index is 812. The van der Waals surface area contributed by atoms with Gasteiger partial charge in [0.15, 0.2) is 4.34 Å². The predicted octanol–water partition coefficient (Wildman–Crippen LogP) is 3.96. The normalized spacial score (nSPS) is 10.7. The average molecular weight is 315 g/mol. The summed E-state index contributed by atoms with van der Waals surface area (Å²) in [6.07, 6.45) is 0. The topological polar surface area (TPSA) is 39.2 Å². The number of aromatic nitrogens is 1. The first kappa shape index (κ1) is 14.1. The molecule has 0 amide bonds. The van der Waals surface area contributed by atoms with E-state index in [2.05, 4.69) is 4.98 Å². The number of para-hydroxylation sites is 1. The molecule has 3 aromatic rings. The molecular formula is C16H13NO2S2. The molecule has 5 heteroatoms. The Hall–Kier alpha value is -1.85. The highest BCUT2D eigenvalue weighted by Gasteiger charge is 2.05. The van der Waals surface area contributed by atoms with Gasteiger partial charge in [0, 0.05) is 5.75 Å². The highest BCUT2D eigenvalue weighted by Crippen LogP contribution is 2.25. The number of fused-ring (bicyclic) bond motifs is 1. The molecule has 3 rings (SSSR count). The first-order chi connectivity index (χ1) is 10.3. The van der Waals surface area contributed by atoms with Gasteiger partial charge in [-0.2, -0.15) is 0 Å². The Kier molecular flexibility index (Phi) is 4.22. The maximum Gasteiger partial charge on any atom is 0.244 e. The van der Waals surface area contributed by atoms with Crippen molar-refractivity contribution in [3.05, 3.63) is 63.6 Å². The molecule has 106 valence electrons. The van der Waals surface area contributed by atoms with Crippen molar-refractivity contribution in [2.45, 2.75) is 10.1 Å². The standard InChI is InChI=1S/C16H13NO2S2/c1-19-12-8-6-11(7-9-12)10-20-16-17-14-5-3-2-4-13(14)15(18)21-16/h2-9H,10H2,1H3. The summed E-state index contributed by atoms with van der Waals surface area (Å²) in [7, 11) is 1.65. The molecule has 0 N–H and O–H groups in total. The van der Waals surface area contributed by atoms with Crippen molar-refractivity contribution in [3.63, 3.8) is 0 Å². The van der Waals surface area contributed by atoms with Gasteiger partial charge in [-0.3, -0.25) is 4.79 Å². The second-order valence-electron chi connectivity index (χ2n) is 4.42. The van der Waals surface area contributed by atoms with Gasteiger partial charge in [-0.25, -0.2) is 4.98 Å². The lowest BCUT2D eigenvalue weighted by atomic mass is 10.2. The van der Waals surface area contributed by atoms with E-state index < -0.39 is 0 Å². The van der Waals surface area contributed by atoms with Crippen LogP contribution in [0.3, 0.4) is 0 Å². The molecule has 0 aliphatic heterocycles. The fraction of sp³-hybridized carbons (Fsp3) is 0.125. The maximum atomic E-state index is 12.0. The number of rotatable bonds is 4. The van der Waals surface area contributed by atoms with E-state index in [0.29, 0.717) is 5.39 Å². The Labute approximate surface area is 130 Å². The molecule has 0 fully saturated rings. The summed E-state index contributed by atoms with van der Waals surface area (Å²) in [5.41, 5.74) is 1.94. The summed E-state index contributed by atoms with van der Waals surface area (Å²) in [6, 6.07) is 15.4. The van der Waals surface area contributed by atoms with Crippen molar-refractivity contribution in [2.24, 2.45) is 0 Å². The fourth-order valence-electron chi connectivity index (χ4n) is 1.93. The van der Waals surface area contributed by atoms with Crippen molar-refractivity contribution >= 4 is 34.0 Å². The Morgan fingerprint density at radius 1 is 1.14 bits per heavy atom. The molecule has 0 aliphatic rings. The molecule has 0 unspecified atom stereocenters. The monoisotopic (exact) mass is 315 g/mol. The Balaban J connectivity index is 1.80. The molecule has 1 aromatic heterocycles. The van der Waals surface area contributed by atoms with Gasteiger partial charge in [0.25, 0.3) is 0 Å². The second kappa shape index (κ2) is 6.28. The zero-order valence-corrected chi connectivity index (χ0v) is 13.0. The van der Waals surface area contributed by atoms with Crippen LogP contribution in [0.2, 0.25) is 0 Å². The summed E-state index contributed by atoms with van der Waals surface area (Å²) in [5.74, 6) is 1.63. The fourth-order valence-corrected chi connectivity index (χ4v) is 3.80. The van der Waals surface area contributed by atoms with Crippen LogP contribution in [0.4, 0.5) is 0 Å². The van der Waals surface area contributed by atoms with Crippen LogP contribution in [0.15, 0.2) is 57.7 Å². The second-order valence-corrected chi connectivity index (χ2v) is 6.61. The van der Waals surface area contributed by atoms with E-state index in [1.54, 1.807) is 18.9 Å². The van der Waals surface area contributed by atoms with Crippen LogP contribution in [-0.2, 0) is 5.75 Å². The zero-order chi connectivity index (χ0) is 14.7. The lowest BCUT2D eigenvalue weighted by Gasteiger charge is -2.03. The quantitative estimate of drug-likeness (QED) is 0.683. The number of benzene rings is 2. The van der Waals surface area contributed by atoms with Crippen LogP contribution >= 0.6 is 23.1 Å². The predicted molar refractivity (Wildman–Crippen MR) is 88.4 cm³/mol. The zero-order valence-electron chi connectivity index (χ0n) is 11.4. The molecule has 0 saturated carbocycles. The van der Waals surface area contributed by atoms with Crippen molar-refractivity contribution in [2.75, 3.05) is 7.11 Å². The third kappa shape index (κ3) is 3.25. The molecule has 2 aromatic carbocycles. The molecule has 0 atom stereocenters. The third-order valence-electron chi connectivity index (χ3n) is 3.04. The van der Waals surface area contributed by atoms with E-state index in [0.717, 1.165) is 21.4 Å². The third-order valence-corrected chi connectivity index (χ3v) is 5.13. The minimum absolute atomic E-state index is 0.0674. The van der Waals surface area contributed by atoms with Gasteiger partial charge in [-0.05, 0) is 29.8 Å². The molecular weight excluding hydrogens is 302 g/mol. The summed E-state index contributed by atoms with van der Waals surface area (Å²) < 4.78 is 6.01. The highest BCUT2D eigenvalue weighted by molar-refractivity contribution is 8.00. The molecule has 21 heavy (non-hydrogen) atoms. The van der Waals surface area contributed by atoms with Gasteiger partial charge >= 0.3 is 0 Å². The molecule has 0 aliphatic carbocycles. The number of nitrogens with zero attached hydrogens (tertiary/aromatic N) is 1. The van der Waals surface area contributed by atoms with Crippen molar-refractivity contribution < 1.29 is 4.74 Å². The summed E-state index contributed by atoms with van der Waals surface area (Å²) in [4.78, 5) is 16.6. The molecule has 1 heterocycles. The van der Waals surface area contributed by atoms with Crippen molar-refractivity contribution in [1.82, 2.24) is 4.98 Å². The molecule has 0 saturated heterocycles. The SMILES string of the molecule is COc1ccc(CSc2nc3ccccc3c(=O)s2)cc1. The van der Waals surface area contributed by atoms with Crippen molar-refractivity contribution in [3.8, 4) is 5.75 Å². The van der Waals surface area contributed by atoms with Gasteiger partial charge in [0.05, 0.1) is 18.0 Å². The van der Waals surface area contributed by atoms with E-state index in [4.69, 9.17) is 4.74 Å². The van der Waals surface area contributed by atoms with E-state index in [1.165, 1.54) is 16.9 Å². The van der Waals surface area contributed by atoms with Crippen molar-refractivity contribution in [1.29, 1.82) is 0 Å². The Morgan fingerprint density at radius 2 is 1.90 bits per heavy atom. The van der Waals surface area contributed by atoms with Gasteiger partial charge < -0.3 is 4.74 Å². The minimum atomic E-state index is 0.0674. The number of hydrogen-bond acceptors (Lipinski definition) is 5. The average Bonchev–Trinajstić information content (AvgIpc) is 2.53. The molecule has 0 bridgehead atoms. The van der Waals surface area contributed by atoms with Crippen LogP contribution in [0.1, 0.15) is 5.56 Å². The summed E-state index contributed by atoms with van der Waals surface area (Å²) in [6.45, 7) is 0. The number of hydrogen-bond donors (Lipinski definition) is 0. The van der Waals surface area contributed by atoms with Gasteiger partial charge in [-0.15, -0.1) is 0 Å². The van der Waals surface area contributed by atoms with Crippen LogP contribution in [0.25, 0.3) is 10.9 Å². The lowest BCUT2D eigenvalue weighted by molar-refractivity contribution is 0.414. The first-order valence-corrected chi connectivity index (χ1v) is 8.22. The van der Waals surface area contributed by atoms with E-state index in [9.17, 15) is 4.79 Å². The molecule has 0 spiro atoms. The first-order valence-electron chi connectivity index (χ1n) is 6.42.